The van der Waals surface area contributed by atoms with Crippen LogP contribution in [0, 0.1) is 23.2 Å². The van der Waals surface area contributed by atoms with Crippen molar-refractivity contribution < 1.29 is 14.7 Å². The molecule has 1 aliphatic carbocycles. The Hall–Kier alpha value is -1.55. The molecule has 0 aromatic heterocycles. The minimum atomic E-state index is -0.922. The molecule has 0 heterocycles. The lowest BCUT2D eigenvalue weighted by molar-refractivity contribution is -0.157. The number of benzene rings is 1. The van der Waals surface area contributed by atoms with Gasteiger partial charge in [0.1, 0.15) is 0 Å². The predicted molar refractivity (Wildman–Crippen MR) is 91.7 cm³/mol. The summed E-state index contributed by atoms with van der Waals surface area (Å²) in [6.45, 7) is 9.24. The van der Waals surface area contributed by atoms with Crippen LogP contribution < -0.4 is 5.32 Å². The van der Waals surface area contributed by atoms with Crippen molar-refractivity contribution in [2.45, 2.75) is 47.5 Å². The molecule has 2 unspecified atom stereocenters. The van der Waals surface area contributed by atoms with E-state index < -0.39 is 22.2 Å². The van der Waals surface area contributed by atoms with E-state index in [4.69, 9.17) is 11.6 Å². The molecule has 1 fully saturated rings. The molecule has 1 amide bonds. The van der Waals surface area contributed by atoms with Crippen molar-refractivity contribution in [2.24, 2.45) is 16.2 Å². The quantitative estimate of drug-likeness (QED) is 0.853. The summed E-state index contributed by atoms with van der Waals surface area (Å²) in [5.41, 5.74) is -0.761. The van der Waals surface area contributed by atoms with Crippen LogP contribution in [0.4, 0.5) is 5.69 Å². The second-order valence-corrected chi connectivity index (χ2v) is 7.94. The number of hydrogen-bond acceptors (Lipinski definition) is 2. The molecule has 23 heavy (non-hydrogen) atoms. The fourth-order valence-electron chi connectivity index (χ4n) is 3.53. The maximum Gasteiger partial charge on any atom is 0.309 e. The lowest BCUT2D eigenvalue weighted by atomic mass is 9.59. The Morgan fingerprint density at radius 3 is 2.17 bits per heavy atom. The molecule has 1 aromatic rings. The van der Waals surface area contributed by atoms with Gasteiger partial charge in [-0.3, -0.25) is 9.59 Å². The minimum absolute atomic E-state index is 0.141. The van der Waals surface area contributed by atoms with E-state index >= 15 is 0 Å². The minimum Gasteiger partial charge on any atom is -0.481 e. The van der Waals surface area contributed by atoms with Crippen molar-refractivity contribution in [1.29, 1.82) is 0 Å². The molecule has 0 bridgehead atoms. The monoisotopic (exact) mass is 337 g/mol. The maximum atomic E-state index is 13.0. The van der Waals surface area contributed by atoms with Gasteiger partial charge < -0.3 is 10.4 Å². The van der Waals surface area contributed by atoms with Gasteiger partial charge in [-0.25, -0.2) is 0 Å². The van der Waals surface area contributed by atoms with Crippen molar-refractivity contribution in [1.82, 2.24) is 0 Å². The van der Waals surface area contributed by atoms with E-state index in [2.05, 4.69) is 5.32 Å². The lowest BCUT2D eigenvalue weighted by Crippen LogP contribution is -2.49. The molecular weight excluding hydrogens is 314 g/mol. The second-order valence-electron chi connectivity index (χ2n) is 7.51. The zero-order valence-corrected chi connectivity index (χ0v) is 15.0. The summed E-state index contributed by atoms with van der Waals surface area (Å²) in [5.74, 6) is -0.986. The van der Waals surface area contributed by atoms with Gasteiger partial charge in [0.25, 0.3) is 0 Å². The molecule has 126 valence electrons. The van der Waals surface area contributed by atoms with Gasteiger partial charge in [0, 0.05) is 10.7 Å². The van der Waals surface area contributed by atoms with Gasteiger partial charge >= 0.3 is 5.97 Å². The number of carbonyl (C=O) groups is 2. The molecule has 4 nitrogen and oxygen atoms in total. The average molecular weight is 338 g/mol. The number of nitrogens with one attached hydrogen (secondary N) is 1. The summed E-state index contributed by atoms with van der Waals surface area (Å²) in [4.78, 5) is 24.7. The van der Waals surface area contributed by atoms with E-state index in [0.29, 0.717) is 23.6 Å². The first-order valence-corrected chi connectivity index (χ1v) is 8.14. The number of rotatable bonds is 3. The van der Waals surface area contributed by atoms with E-state index in [1.807, 2.05) is 27.7 Å². The Balaban J connectivity index is 2.33. The molecular formula is C18H24ClNO3. The van der Waals surface area contributed by atoms with E-state index in [0.717, 1.165) is 5.56 Å². The van der Waals surface area contributed by atoms with E-state index in [-0.39, 0.29) is 5.91 Å². The van der Waals surface area contributed by atoms with Crippen molar-refractivity contribution in [3.05, 3.63) is 28.8 Å². The van der Waals surface area contributed by atoms with E-state index in [1.54, 1.807) is 25.1 Å². The molecule has 1 aromatic carbocycles. The SMILES string of the molecule is Cc1cc(Cl)ccc1NC(=O)C1(C)CCC(C)(C(=O)O)C1(C)C. The number of amides is 1. The smallest absolute Gasteiger partial charge is 0.309 e. The van der Waals surface area contributed by atoms with Crippen LogP contribution in [0.25, 0.3) is 0 Å². The highest BCUT2D eigenvalue weighted by Gasteiger charge is 2.64. The third-order valence-corrected chi connectivity index (χ3v) is 6.53. The first-order valence-electron chi connectivity index (χ1n) is 7.77. The number of aryl methyl sites for hydroxylation is 1. The van der Waals surface area contributed by atoms with Gasteiger partial charge in [-0.1, -0.05) is 32.4 Å². The first kappa shape index (κ1) is 17.8. The summed E-state index contributed by atoms with van der Waals surface area (Å²) in [6.07, 6.45) is 1.03. The largest absolute Gasteiger partial charge is 0.481 e. The molecule has 2 rings (SSSR count). The topological polar surface area (TPSA) is 66.4 Å². The Labute approximate surface area is 142 Å². The Morgan fingerprint density at radius 1 is 1.13 bits per heavy atom. The summed E-state index contributed by atoms with van der Waals surface area (Å²) in [6, 6.07) is 5.30. The van der Waals surface area contributed by atoms with Gasteiger partial charge in [0.05, 0.1) is 10.8 Å². The van der Waals surface area contributed by atoms with Crippen LogP contribution in [0.2, 0.25) is 5.02 Å². The Bertz CT molecular complexity index is 670. The number of carboxylic acid groups (broad SMARTS) is 1. The third-order valence-electron chi connectivity index (χ3n) is 6.29. The summed E-state index contributed by atoms with van der Waals surface area (Å²) >= 11 is 5.95. The van der Waals surface area contributed by atoms with Crippen LogP contribution in [0.5, 0.6) is 0 Å². The van der Waals surface area contributed by atoms with Crippen molar-refractivity contribution in [2.75, 3.05) is 5.32 Å². The zero-order chi connectivity index (χ0) is 17.6. The molecule has 2 N–H and O–H groups in total. The van der Waals surface area contributed by atoms with Crippen LogP contribution in [0.15, 0.2) is 18.2 Å². The number of aliphatic carboxylic acids is 1. The van der Waals surface area contributed by atoms with Crippen molar-refractivity contribution in [3.63, 3.8) is 0 Å². The summed E-state index contributed by atoms with van der Waals surface area (Å²) < 4.78 is 0. The van der Waals surface area contributed by atoms with Crippen LogP contribution in [-0.4, -0.2) is 17.0 Å². The third kappa shape index (κ3) is 2.53. The standard InChI is InChI=1S/C18H24ClNO3/c1-11-10-12(19)6-7-13(11)20-14(21)17(4)8-9-18(5,15(22)23)16(17,2)3/h6-7,10H,8-9H2,1-5H3,(H,20,21)(H,22,23). The Morgan fingerprint density at radius 2 is 1.70 bits per heavy atom. The van der Waals surface area contributed by atoms with Gasteiger partial charge in [-0.05, 0) is 55.9 Å². The predicted octanol–water partition coefficient (Wildman–Crippen LogP) is 4.50. The number of carbonyl (C=O) groups excluding carboxylic acids is 1. The molecule has 2 atom stereocenters. The highest BCUT2D eigenvalue weighted by Crippen LogP contribution is 2.63. The lowest BCUT2D eigenvalue weighted by Gasteiger charge is -2.44. The molecule has 0 aliphatic heterocycles. The normalized spacial score (nSPS) is 29.3. The second kappa shape index (κ2) is 5.52. The fraction of sp³-hybridized carbons (Fsp3) is 0.556. The average Bonchev–Trinajstić information content (AvgIpc) is 2.64. The Kier molecular flexibility index (Phi) is 4.27. The first-order chi connectivity index (χ1) is 10.5. The van der Waals surface area contributed by atoms with Gasteiger partial charge in [-0.2, -0.15) is 0 Å². The molecule has 5 heteroatoms. The van der Waals surface area contributed by atoms with Gasteiger partial charge in [0.15, 0.2) is 0 Å². The number of hydrogen-bond donors (Lipinski definition) is 2. The maximum absolute atomic E-state index is 13.0. The molecule has 0 radical (unpaired) electrons. The van der Waals surface area contributed by atoms with Gasteiger partial charge in [-0.15, -0.1) is 0 Å². The molecule has 1 saturated carbocycles. The van der Waals surface area contributed by atoms with E-state index in [9.17, 15) is 14.7 Å². The van der Waals surface area contributed by atoms with Gasteiger partial charge in [0.2, 0.25) is 5.91 Å². The van der Waals surface area contributed by atoms with Crippen LogP contribution >= 0.6 is 11.6 Å². The highest BCUT2D eigenvalue weighted by atomic mass is 35.5. The fourth-order valence-corrected chi connectivity index (χ4v) is 3.76. The van der Waals surface area contributed by atoms with Crippen LogP contribution in [0.1, 0.15) is 46.1 Å². The van der Waals surface area contributed by atoms with Crippen LogP contribution in [0.3, 0.4) is 0 Å². The zero-order valence-electron chi connectivity index (χ0n) is 14.3. The number of carboxylic acids is 1. The molecule has 0 spiro atoms. The molecule has 0 saturated heterocycles. The van der Waals surface area contributed by atoms with Crippen LogP contribution in [-0.2, 0) is 9.59 Å². The van der Waals surface area contributed by atoms with E-state index in [1.165, 1.54) is 0 Å². The van der Waals surface area contributed by atoms with Crippen molar-refractivity contribution >= 4 is 29.2 Å². The van der Waals surface area contributed by atoms with Crippen molar-refractivity contribution in [3.8, 4) is 0 Å². The number of halogens is 1. The summed E-state index contributed by atoms with van der Waals surface area (Å²) in [7, 11) is 0. The highest BCUT2D eigenvalue weighted by molar-refractivity contribution is 6.30. The summed E-state index contributed by atoms with van der Waals surface area (Å²) in [5, 5.41) is 13.2. The number of anilines is 1. The molecule has 1 aliphatic rings.